The SMILES string of the molecule is Cc1ccc(NC(C)(C)C2CC2)c([N+](=O)[O-])c1. The standard InChI is InChI=1S/C13H18N2O2/c1-9-4-7-11(12(8-9)15(16)17)14-13(2,3)10-5-6-10/h4,7-8,10,14H,5-6H2,1-3H3. The molecule has 1 aromatic rings. The van der Waals surface area contributed by atoms with Crippen molar-refractivity contribution in [1.82, 2.24) is 0 Å². The molecule has 17 heavy (non-hydrogen) atoms. The third-order valence-corrected chi connectivity index (χ3v) is 3.40. The minimum absolute atomic E-state index is 0.0694. The molecule has 1 aliphatic rings. The van der Waals surface area contributed by atoms with Crippen molar-refractivity contribution in [2.75, 3.05) is 5.32 Å². The Bertz CT molecular complexity index is 451. The summed E-state index contributed by atoms with van der Waals surface area (Å²) < 4.78 is 0. The van der Waals surface area contributed by atoms with Crippen molar-refractivity contribution in [2.45, 2.75) is 39.2 Å². The van der Waals surface area contributed by atoms with E-state index in [2.05, 4.69) is 19.2 Å². The highest BCUT2D eigenvalue weighted by atomic mass is 16.6. The van der Waals surface area contributed by atoms with Crippen molar-refractivity contribution in [3.63, 3.8) is 0 Å². The molecule has 4 heteroatoms. The van der Waals surface area contributed by atoms with Gasteiger partial charge in [-0.2, -0.15) is 0 Å². The number of nitro benzene ring substituents is 1. The largest absolute Gasteiger partial charge is 0.374 e. The van der Waals surface area contributed by atoms with E-state index in [0.29, 0.717) is 11.6 Å². The van der Waals surface area contributed by atoms with E-state index >= 15 is 0 Å². The van der Waals surface area contributed by atoms with Crippen LogP contribution in [0.2, 0.25) is 0 Å². The minimum Gasteiger partial charge on any atom is -0.374 e. The molecule has 0 unspecified atom stereocenters. The predicted octanol–water partition coefficient (Wildman–Crippen LogP) is 3.50. The average molecular weight is 234 g/mol. The van der Waals surface area contributed by atoms with Gasteiger partial charge in [0.15, 0.2) is 0 Å². The average Bonchev–Trinajstić information content (AvgIpc) is 3.03. The summed E-state index contributed by atoms with van der Waals surface area (Å²) in [6.45, 7) is 6.07. The van der Waals surface area contributed by atoms with Gasteiger partial charge in [-0.3, -0.25) is 10.1 Å². The van der Waals surface area contributed by atoms with Crippen LogP contribution >= 0.6 is 0 Å². The second kappa shape index (κ2) is 4.02. The molecule has 0 spiro atoms. The van der Waals surface area contributed by atoms with E-state index in [-0.39, 0.29) is 16.1 Å². The molecule has 1 fully saturated rings. The van der Waals surface area contributed by atoms with Crippen molar-refractivity contribution in [3.05, 3.63) is 33.9 Å². The topological polar surface area (TPSA) is 55.2 Å². The number of benzene rings is 1. The molecule has 1 saturated carbocycles. The van der Waals surface area contributed by atoms with Gasteiger partial charge < -0.3 is 5.32 Å². The molecule has 0 bridgehead atoms. The van der Waals surface area contributed by atoms with E-state index in [4.69, 9.17) is 0 Å². The lowest BCUT2D eigenvalue weighted by atomic mass is 9.98. The van der Waals surface area contributed by atoms with Gasteiger partial charge in [0.2, 0.25) is 0 Å². The van der Waals surface area contributed by atoms with Gasteiger partial charge in [-0.05, 0) is 51.2 Å². The number of nitrogens with one attached hydrogen (secondary N) is 1. The molecule has 0 heterocycles. The van der Waals surface area contributed by atoms with E-state index in [0.717, 1.165) is 5.56 Å². The van der Waals surface area contributed by atoms with E-state index < -0.39 is 0 Å². The van der Waals surface area contributed by atoms with Crippen molar-refractivity contribution >= 4 is 11.4 Å². The zero-order valence-electron chi connectivity index (χ0n) is 10.5. The maximum atomic E-state index is 11.0. The van der Waals surface area contributed by atoms with Gasteiger partial charge in [0.1, 0.15) is 5.69 Å². The van der Waals surface area contributed by atoms with Crippen molar-refractivity contribution < 1.29 is 4.92 Å². The first-order chi connectivity index (χ1) is 7.90. The van der Waals surface area contributed by atoms with Crippen LogP contribution in [0, 0.1) is 23.0 Å². The Kier molecular flexibility index (Phi) is 2.81. The Morgan fingerprint density at radius 2 is 2.06 bits per heavy atom. The summed E-state index contributed by atoms with van der Waals surface area (Å²) in [6, 6.07) is 5.32. The fourth-order valence-electron chi connectivity index (χ4n) is 2.15. The molecule has 2 rings (SSSR count). The fourth-order valence-corrected chi connectivity index (χ4v) is 2.15. The number of aryl methyl sites for hydroxylation is 1. The first-order valence-electron chi connectivity index (χ1n) is 5.93. The summed E-state index contributed by atoms with van der Waals surface area (Å²) in [6.07, 6.45) is 2.42. The monoisotopic (exact) mass is 234 g/mol. The van der Waals surface area contributed by atoms with Gasteiger partial charge in [-0.1, -0.05) is 6.07 Å². The maximum absolute atomic E-state index is 11.0. The molecule has 0 aromatic heterocycles. The minimum atomic E-state index is -0.321. The van der Waals surface area contributed by atoms with Crippen LogP contribution in [-0.4, -0.2) is 10.5 Å². The van der Waals surface area contributed by atoms with Gasteiger partial charge in [-0.25, -0.2) is 0 Å². The molecular weight excluding hydrogens is 216 g/mol. The quantitative estimate of drug-likeness (QED) is 0.640. The Hall–Kier alpha value is -1.58. The summed E-state index contributed by atoms with van der Waals surface area (Å²) in [5.41, 5.74) is 1.63. The van der Waals surface area contributed by atoms with E-state index in [1.165, 1.54) is 12.8 Å². The third kappa shape index (κ3) is 2.57. The molecule has 0 aliphatic heterocycles. The molecule has 92 valence electrons. The van der Waals surface area contributed by atoms with Crippen molar-refractivity contribution in [3.8, 4) is 0 Å². The van der Waals surface area contributed by atoms with E-state index in [1.54, 1.807) is 12.1 Å². The van der Waals surface area contributed by atoms with Crippen molar-refractivity contribution in [2.24, 2.45) is 5.92 Å². The summed E-state index contributed by atoms with van der Waals surface area (Å²) in [5, 5.41) is 14.3. The number of hydrogen-bond donors (Lipinski definition) is 1. The molecule has 1 aromatic carbocycles. The van der Waals surface area contributed by atoms with Crippen LogP contribution in [0.1, 0.15) is 32.3 Å². The van der Waals surface area contributed by atoms with Crippen LogP contribution in [0.4, 0.5) is 11.4 Å². The summed E-state index contributed by atoms with van der Waals surface area (Å²) >= 11 is 0. The third-order valence-electron chi connectivity index (χ3n) is 3.40. The predicted molar refractivity (Wildman–Crippen MR) is 68.3 cm³/mol. The first kappa shape index (κ1) is 11.9. The molecular formula is C13H18N2O2. The normalized spacial score (nSPS) is 15.7. The van der Waals surface area contributed by atoms with Crippen LogP contribution in [-0.2, 0) is 0 Å². The molecule has 0 amide bonds. The molecule has 0 radical (unpaired) electrons. The molecule has 0 saturated heterocycles. The first-order valence-corrected chi connectivity index (χ1v) is 5.93. The van der Waals surface area contributed by atoms with E-state index in [1.807, 2.05) is 13.0 Å². The Labute approximate surface area is 101 Å². The number of anilines is 1. The number of nitrogens with zero attached hydrogens (tertiary/aromatic N) is 1. The fraction of sp³-hybridized carbons (Fsp3) is 0.538. The number of nitro groups is 1. The highest BCUT2D eigenvalue weighted by Gasteiger charge is 2.38. The Morgan fingerprint density at radius 1 is 1.41 bits per heavy atom. The zero-order valence-corrected chi connectivity index (χ0v) is 10.5. The smallest absolute Gasteiger partial charge is 0.292 e. The Morgan fingerprint density at radius 3 is 2.59 bits per heavy atom. The number of rotatable bonds is 4. The lowest BCUT2D eigenvalue weighted by molar-refractivity contribution is -0.384. The van der Waals surface area contributed by atoms with Gasteiger partial charge in [-0.15, -0.1) is 0 Å². The van der Waals surface area contributed by atoms with Gasteiger partial charge in [0, 0.05) is 11.6 Å². The second-order valence-corrected chi connectivity index (χ2v) is 5.40. The van der Waals surface area contributed by atoms with Gasteiger partial charge >= 0.3 is 0 Å². The highest BCUT2D eigenvalue weighted by molar-refractivity contribution is 5.63. The molecule has 4 nitrogen and oxygen atoms in total. The lowest BCUT2D eigenvalue weighted by Crippen LogP contribution is -2.33. The van der Waals surface area contributed by atoms with Crippen molar-refractivity contribution in [1.29, 1.82) is 0 Å². The number of hydrogen-bond acceptors (Lipinski definition) is 3. The lowest BCUT2D eigenvalue weighted by Gasteiger charge is -2.27. The highest BCUT2D eigenvalue weighted by Crippen LogP contribution is 2.42. The zero-order chi connectivity index (χ0) is 12.6. The van der Waals surface area contributed by atoms with Crippen LogP contribution in [0.3, 0.4) is 0 Å². The summed E-state index contributed by atoms with van der Waals surface area (Å²) in [4.78, 5) is 10.7. The molecule has 1 N–H and O–H groups in total. The summed E-state index contributed by atoms with van der Waals surface area (Å²) in [7, 11) is 0. The Balaban J connectivity index is 2.28. The van der Waals surface area contributed by atoms with E-state index in [9.17, 15) is 10.1 Å². The van der Waals surface area contributed by atoms with Crippen LogP contribution < -0.4 is 5.32 Å². The molecule has 1 aliphatic carbocycles. The van der Waals surface area contributed by atoms with Crippen LogP contribution in [0.15, 0.2) is 18.2 Å². The van der Waals surface area contributed by atoms with Crippen LogP contribution in [0.5, 0.6) is 0 Å². The second-order valence-electron chi connectivity index (χ2n) is 5.40. The molecule has 0 atom stereocenters. The van der Waals surface area contributed by atoms with Gasteiger partial charge in [0.05, 0.1) is 4.92 Å². The van der Waals surface area contributed by atoms with Crippen LogP contribution in [0.25, 0.3) is 0 Å². The summed E-state index contributed by atoms with van der Waals surface area (Å²) in [5.74, 6) is 0.628. The maximum Gasteiger partial charge on any atom is 0.292 e. The van der Waals surface area contributed by atoms with Gasteiger partial charge in [0.25, 0.3) is 5.69 Å².